The molecule has 6 nitrogen and oxygen atoms in total. The van der Waals surface area contributed by atoms with Crippen LogP contribution < -0.4 is 10.3 Å². The van der Waals surface area contributed by atoms with Gasteiger partial charge in [0.05, 0.1) is 5.69 Å². The quantitative estimate of drug-likeness (QED) is 0.784. The van der Waals surface area contributed by atoms with E-state index in [2.05, 4.69) is 28.0 Å². The maximum absolute atomic E-state index is 12.1. The molecule has 1 aliphatic heterocycles. The van der Waals surface area contributed by atoms with Gasteiger partial charge in [-0.25, -0.2) is 9.50 Å². The van der Waals surface area contributed by atoms with Gasteiger partial charge in [0.15, 0.2) is 5.65 Å². The van der Waals surface area contributed by atoms with Gasteiger partial charge in [0, 0.05) is 43.5 Å². The Morgan fingerprint density at radius 1 is 1.35 bits per heavy atom. The van der Waals surface area contributed by atoms with Crippen LogP contribution in [-0.4, -0.2) is 32.1 Å². The van der Waals surface area contributed by atoms with E-state index in [9.17, 15) is 4.79 Å². The van der Waals surface area contributed by atoms with Crippen LogP contribution >= 0.6 is 0 Å². The van der Waals surface area contributed by atoms with Crippen molar-refractivity contribution in [1.82, 2.24) is 19.5 Å². The fourth-order valence-corrected chi connectivity index (χ4v) is 3.08. The molecule has 1 aromatic carbocycles. The van der Waals surface area contributed by atoms with Crippen LogP contribution in [-0.2, 0) is 13.1 Å². The number of H-pyrrole nitrogens is 1. The summed E-state index contributed by atoms with van der Waals surface area (Å²) in [5, 5.41) is 2.86. The Morgan fingerprint density at radius 2 is 2.22 bits per heavy atom. The van der Waals surface area contributed by atoms with Crippen LogP contribution in [0.5, 0.6) is 5.75 Å². The van der Waals surface area contributed by atoms with Crippen molar-refractivity contribution in [2.24, 2.45) is 0 Å². The van der Waals surface area contributed by atoms with Gasteiger partial charge in [0.25, 0.3) is 5.56 Å². The first kappa shape index (κ1) is 14.0. The molecule has 2 aromatic heterocycles. The van der Waals surface area contributed by atoms with Crippen LogP contribution in [0, 0.1) is 0 Å². The van der Waals surface area contributed by atoms with Gasteiger partial charge in [-0.2, -0.15) is 0 Å². The Bertz CT molecular complexity index is 899. The minimum absolute atomic E-state index is 0.0884. The van der Waals surface area contributed by atoms with E-state index in [1.807, 2.05) is 18.2 Å². The monoisotopic (exact) mass is 310 g/mol. The average Bonchev–Trinajstić information content (AvgIpc) is 2.91. The molecule has 23 heavy (non-hydrogen) atoms. The standard InChI is InChI=1S/C17H18N4O2/c1-12-9-20(10-13-4-2-3-5-15(13)23-12)11-14-8-17(22)21-16(19-14)6-7-18-21/h2-8,12,18H,9-11H2,1H3. The van der Waals surface area contributed by atoms with Crippen LogP contribution in [0.2, 0.25) is 0 Å². The van der Waals surface area contributed by atoms with E-state index in [-0.39, 0.29) is 11.7 Å². The van der Waals surface area contributed by atoms with E-state index < -0.39 is 0 Å². The highest BCUT2D eigenvalue weighted by molar-refractivity contribution is 5.37. The minimum Gasteiger partial charge on any atom is -0.489 e. The molecule has 3 heterocycles. The van der Waals surface area contributed by atoms with Crippen molar-refractivity contribution in [2.45, 2.75) is 26.1 Å². The van der Waals surface area contributed by atoms with E-state index in [4.69, 9.17) is 4.74 Å². The van der Waals surface area contributed by atoms with Crippen molar-refractivity contribution in [1.29, 1.82) is 0 Å². The molecule has 1 unspecified atom stereocenters. The maximum atomic E-state index is 12.1. The number of para-hydroxylation sites is 1. The normalized spacial score (nSPS) is 18.4. The van der Waals surface area contributed by atoms with Gasteiger partial charge < -0.3 is 4.74 Å². The number of fused-ring (bicyclic) bond motifs is 2. The molecule has 1 aliphatic rings. The Hall–Kier alpha value is -2.60. The summed E-state index contributed by atoms with van der Waals surface area (Å²) in [5.41, 5.74) is 2.50. The lowest BCUT2D eigenvalue weighted by Crippen LogP contribution is -2.31. The van der Waals surface area contributed by atoms with Crippen LogP contribution in [0.4, 0.5) is 0 Å². The Balaban J connectivity index is 1.63. The molecular formula is C17H18N4O2. The number of hydrogen-bond acceptors (Lipinski definition) is 4. The molecule has 0 aliphatic carbocycles. The number of nitrogens with zero attached hydrogens (tertiary/aromatic N) is 3. The van der Waals surface area contributed by atoms with Crippen LogP contribution in [0.25, 0.3) is 5.65 Å². The Labute approximate surface area is 133 Å². The highest BCUT2D eigenvalue weighted by Gasteiger charge is 2.20. The third-order valence-electron chi connectivity index (χ3n) is 4.03. The van der Waals surface area contributed by atoms with Gasteiger partial charge in [-0.15, -0.1) is 0 Å². The van der Waals surface area contributed by atoms with Gasteiger partial charge in [-0.3, -0.25) is 14.8 Å². The van der Waals surface area contributed by atoms with Crippen molar-refractivity contribution < 1.29 is 4.74 Å². The summed E-state index contributed by atoms with van der Waals surface area (Å²) in [6.45, 7) is 4.27. The van der Waals surface area contributed by atoms with Crippen LogP contribution in [0.3, 0.4) is 0 Å². The van der Waals surface area contributed by atoms with Crippen molar-refractivity contribution in [2.75, 3.05) is 6.54 Å². The Kier molecular flexibility index (Phi) is 3.38. The van der Waals surface area contributed by atoms with Crippen molar-refractivity contribution >= 4 is 5.65 Å². The number of aromatic nitrogens is 3. The summed E-state index contributed by atoms with van der Waals surface area (Å²) >= 11 is 0. The molecule has 6 heteroatoms. The predicted octanol–water partition coefficient (Wildman–Crippen LogP) is 1.81. The number of rotatable bonds is 2. The molecule has 0 amide bonds. The summed E-state index contributed by atoms with van der Waals surface area (Å²) < 4.78 is 7.41. The zero-order valence-electron chi connectivity index (χ0n) is 12.9. The third kappa shape index (κ3) is 2.73. The smallest absolute Gasteiger partial charge is 0.272 e. The van der Waals surface area contributed by atoms with E-state index in [1.54, 1.807) is 18.3 Å². The van der Waals surface area contributed by atoms with Gasteiger partial charge in [-0.1, -0.05) is 18.2 Å². The second kappa shape index (κ2) is 5.55. The van der Waals surface area contributed by atoms with Crippen LogP contribution in [0.15, 0.2) is 47.4 Å². The topological polar surface area (TPSA) is 62.6 Å². The summed E-state index contributed by atoms with van der Waals surface area (Å²) in [4.78, 5) is 18.9. The highest BCUT2D eigenvalue weighted by atomic mass is 16.5. The SMILES string of the molecule is CC1CN(Cc2cc(=O)n3[nH]ccc3n2)Cc2ccccc2O1. The molecule has 0 radical (unpaired) electrons. The zero-order chi connectivity index (χ0) is 15.8. The van der Waals surface area contributed by atoms with E-state index in [1.165, 1.54) is 4.52 Å². The summed E-state index contributed by atoms with van der Waals surface area (Å²) in [6, 6.07) is 11.5. The second-order valence-electron chi connectivity index (χ2n) is 5.95. The molecular weight excluding hydrogens is 292 g/mol. The van der Waals surface area contributed by atoms with Gasteiger partial charge in [-0.05, 0) is 13.0 Å². The average molecular weight is 310 g/mol. The molecule has 0 bridgehead atoms. The highest BCUT2D eigenvalue weighted by Crippen LogP contribution is 2.25. The van der Waals surface area contributed by atoms with E-state index >= 15 is 0 Å². The summed E-state index contributed by atoms with van der Waals surface area (Å²) in [6.07, 6.45) is 1.81. The molecule has 4 rings (SSSR count). The minimum atomic E-state index is -0.0884. The van der Waals surface area contributed by atoms with Crippen molar-refractivity contribution in [3.8, 4) is 5.75 Å². The zero-order valence-corrected chi connectivity index (χ0v) is 12.9. The number of nitrogens with one attached hydrogen (secondary N) is 1. The number of benzene rings is 1. The van der Waals surface area contributed by atoms with E-state index in [0.717, 1.165) is 30.1 Å². The van der Waals surface area contributed by atoms with Gasteiger partial charge in [0.1, 0.15) is 11.9 Å². The fourth-order valence-electron chi connectivity index (χ4n) is 3.08. The largest absolute Gasteiger partial charge is 0.489 e. The summed E-state index contributed by atoms with van der Waals surface area (Å²) in [7, 11) is 0. The molecule has 0 saturated carbocycles. The first-order valence-corrected chi connectivity index (χ1v) is 7.72. The molecule has 1 N–H and O–H groups in total. The lowest BCUT2D eigenvalue weighted by atomic mass is 10.2. The summed E-state index contributed by atoms with van der Waals surface area (Å²) in [5.74, 6) is 0.941. The molecule has 1 atom stereocenters. The molecule has 0 fully saturated rings. The second-order valence-corrected chi connectivity index (χ2v) is 5.95. The number of ether oxygens (including phenoxy) is 1. The molecule has 0 saturated heterocycles. The fraction of sp³-hybridized carbons (Fsp3) is 0.294. The third-order valence-corrected chi connectivity index (χ3v) is 4.03. The molecule has 0 spiro atoms. The van der Waals surface area contributed by atoms with Gasteiger partial charge in [0.2, 0.25) is 0 Å². The van der Waals surface area contributed by atoms with Crippen molar-refractivity contribution in [3.05, 3.63) is 64.2 Å². The predicted molar refractivity (Wildman–Crippen MR) is 86.5 cm³/mol. The molecule has 3 aromatic rings. The van der Waals surface area contributed by atoms with Gasteiger partial charge >= 0.3 is 0 Å². The Morgan fingerprint density at radius 3 is 3.13 bits per heavy atom. The number of aromatic amines is 1. The first-order chi connectivity index (χ1) is 11.2. The first-order valence-electron chi connectivity index (χ1n) is 7.72. The lowest BCUT2D eigenvalue weighted by molar-refractivity contribution is 0.155. The maximum Gasteiger partial charge on any atom is 0.272 e. The number of hydrogen-bond donors (Lipinski definition) is 1. The van der Waals surface area contributed by atoms with Crippen molar-refractivity contribution in [3.63, 3.8) is 0 Å². The van der Waals surface area contributed by atoms with E-state index in [0.29, 0.717) is 12.2 Å². The molecule has 118 valence electrons. The lowest BCUT2D eigenvalue weighted by Gasteiger charge is -2.21. The van der Waals surface area contributed by atoms with Crippen LogP contribution in [0.1, 0.15) is 18.2 Å².